The maximum atomic E-state index is 12.6. The van der Waals surface area contributed by atoms with Gasteiger partial charge in [-0.25, -0.2) is 18.1 Å². The van der Waals surface area contributed by atoms with Crippen LogP contribution in [0.3, 0.4) is 0 Å². The first kappa shape index (κ1) is 24.7. The summed E-state index contributed by atoms with van der Waals surface area (Å²) in [6.07, 6.45) is 4.06. The van der Waals surface area contributed by atoms with Gasteiger partial charge in [0.25, 0.3) is 0 Å². The third-order valence-corrected chi connectivity index (χ3v) is 8.55. The van der Waals surface area contributed by atoms with E-state index in [9.17, 15) is 8.42 Å². The Bertz CT molecular complexity index is 1230. The predicted molar refractivity (Wildman–Crippen MR) is 139 cm³/mol. The van der Waals surface area contributed by atoms with Crippen LogP contribution in [-0.2, 0) is 10.0 Å². The second-order valence-electron chi connectivity index (χ2n) is 8.95. The maximum absolute atomic E-state index is 12.6. The number of para-hydroxylation sites is 1. The van der Waals surface area contributed by atoms with Crippen molar-refractivity contribution in [3.8, 4) is 0 Å². The second-order valence-corrected chi connectivity index (χ2v) is 11.1. The maximum Gasteiger partial charge on any atom is 0.242 e. The van der Waals surface area contributed by atoms with Crippen LogP contribution in [-0.4, -0.2) is 45.1 Å². The molecule has 0 radical (unpaired) electrons. The average Bonchev–Trinajstić information content (AvgIpc) is 2.86. The summed E-state index contributed by atoms with van der Waals surface area (Å²) in [6.45, 7) is 4.22. The smallest absolute Gasteiger partial charge is 0.242 e. The van der Waals surface area contributed by atoms with Crippen molar-refractivity contribution in [2.45, 2.75) is 37.5 Å². The number of anilines is 2. The third kappa shape index (κ3) is 5.79. The van der Waals surface area contributed by atoms with Gasteiger partial charge in [0, 0.05) is 32.1 Å². The van der Waals surface area contributed by atoms with Crippen LogP contribution in [0.25, 0.3) is 10.9 Å². The fraction of sp³-hybridized carbons (Fsp3) is 0.440. The normalized spacial score (nSPS) is 18.7. The zero-order valence-corrected chi connectivity index (χ0v) is 21.2. The van der Waals surface area contributed by atoms with Gasteiger partial charge in [-0.15, -0.1) is 0 Å². The predicted octanol–water partition coefficient (Wildman–Crippen LogP) is 4.94. The number of sulfonamides is 1. The first-order chi connectivity index (χ1) is 16.4. The highest BCUT2D eigenvalue weighted by molar-refractivity contribution is 7.89. The number of hydrogen-bond donors (Lipinski definition) is 2. The Morgan fingerprint density at radius 1 is 0.971 bits per heavy atom. The summed E-state index contributed by atoms with van der Waals surface area (Å²) in [5.74, 6) is 2.43. The van der Waals surface area contributed by atoms with E-state index in [1.54, 1.807) is 18.2 Å². The van der Waals surface area contributed by atoms with Gasteiger partial charge < -0.3 is 10.2 Å². The Morgan fingerprint density at radius 2 is 1.62 bits per heavy atom. The molecule has 4 rings (SSSR count). The molecule has 1 aliphatic carbocycles. The molecule has 0 aliphatic heterocycles. The Labute approximate surface area is 207 Å². The molecule has 1 aromatic heterocycles. The van der Waals surface area contributed by atoms with Crippen LogP contribution < -0.4 is 14.9 Å². The summed E-state index contributed by atoms with van der Waals surface area (Å²) in [4.78, 5) is 11.8. The number of fused-ring (bicyclic) bond motifs is 1. The number of nitrogens with one attached hydrogen (secondary N) is 2. The second kappa shape index (κ2) is 10.9. The summed E-state index contributed by atoms with van der Waals surface area (Å²) >= 11 is 6.06. The van der Waals surface area contributed by atoms with Gasteiger partial charge in [-0.3, -0.25) is 0 Å². The summed E-state index contributed by atoms with van der Waals surface area (Å²) in [5, 5.41) is 4.75. The molecule has 9 heteroatoms. The molecule has 7 nitrogen and oxygen atoms in total. The number of benzene rings is 2. The molecule has 3 aromatic rings. The van der Waals surface area contributed by atoms with Crippen LogP contribution in [0.15, 0.2) is 53.4 Å². The van der Waals surface area contributed by atoms with Crippen molar-refractivity contribution in [1.29, 1.82) is 0 Å². The van der Waals surface area contributed by atoms with Crippen molar-refractivity contribution in [3.05, 3.63) is 53.6 Å². The number of hydrogen-bond acceptors (Lipinski definition) is 6. The Hall–Kier alpha value is -2.42. The highest BCUT2D eigenvalue weighted by atomic mass is 35.5. The largest absolute Gasteiger partial charge is 0.359 e. The first-order valence-electron chi connectivity index (χ1n) is 11.8. The molecule has 0 bridgehead atoms. The monoisotopic (exact) mass is 501 g/mol. The van der Waals surface area contributed by atoms with Crippen LogP contribution in [0, 0.1) is 11.8 Å². The zero-order valence-electron chi connectivity index (χ0n) is 19.7. The molecule has 2 N–H and O–H groups in total. The molecule has 0 spiro atoms. The van der Waals surface area contributed by atoms with Crippen LogP contribution in [0.5, 0.6) is 0 Å². The Kier molecular flexibility index (Phi) is 7.91. The molecule has 2 aromatic carbocycles. The van der Waals surface area contributed by atoms with E-state index in [-0.39, 0.29) is 9.92 Å². The lowest BCUT2D eigenvalue weighted by molar-refractivity contribution is 0.284. The number of aromatic nitrogens is 2. The molecule has 0 unspecified atom stereocenters. The lowest BCUT2D eigenvalue weighted by atomic mass is 9.82. The summed E-state index contributed by atoms with van der Waals surface area (Å²) in [6, 6.07) is 14.6. The molecule has 182 valence electrons. The number of nitrogens with zero attached hydrogens (tertiary/aromatic N) is 3. The summed E-state index contributed by atoms with van der Waals surface area (Å²) < 4.78 is 27.9. The number of rotatable bonds is 9. The van der Waals surface area contributed by atoms with Crippen LogP contribution in [0.4, 0.5) is 11.8 Å². The molecule has 34 heavy (non-hydrogen) atoms. The average molecular weight is 502 g/mol. The topological polar surface area (TPSA) is 87.2 Å². The highest BCUT2D eigenvalue weighted by Crippen LogP contribution is 2.30. The molecule has 0 atom stereocenters. The minimum atomic E-state index is -3.60. The third-order valence-electron chi connectivity index (χ3n) is 6.62. The van der Waals surface area contributed by atoms with E-state index in [1.807, 2.05) is 25.2 Å². The van der Waals surface area contributed by atoms with Crippen molar-refractivity contribution < 1.29 is 8.42 Å². The zero-order chi connectivity index (χ0) is 24.1. The van der Waals surface area contributed by atoms with Gasteiger partial charge in [-0.1, -0.05) is 35.9 Å². The highest BCUT2D eigenvalue weighted by Gasteiger charge is 2.24. The van der Waals surface area contributed by atoms with E-state index in [0.717, 1.165) is 55.5 Å². The lowest BCUT2D eigenvalue weighted by Crippen LogP contribution is -2.32. The van der Waals surface area contributed by atoms with E-state index in [1.165, 1.54) is 6.07 Å². The quantitative estimate of drug-likeness (QED) is 0.432. The van der Waals surface area contributed by atoms with E-state index < -0.39 is 10.0 Å². The number of halogens is 1. The molecule has 1 saturated carbocycles. The minimum absolute atomic E-state index is 0.137. The van der Waals surface area contributed by atoms with E-state index in [0.29, 0.717) is 24.3 Å². The van der Waals surface area contributed by atoms with E-state index >= 15 is 0 Å². The fourth-order valence-electron chi connectivity index (χ4n) is 4.42. The van der Waals surface area contributed by atoms with Crippen molar-refractivity contribution in [2.75, 3.05) is 36.9 Å². The van der Waals surface area contributed by atoms with Gasteiger partial charge in [0.2, 0.25) is 16.0 Å². The molecule has 0 amide bonds. The van der Waals surface area contributed by atoms with Crippen molar-refractivity contribution >= 4 is 44.3 Å². The first-order valence-corrected chi connectivity index (χ1v) is 13.7. The van der Waals surface area contributed by atoms with Gasteiger partial charge in [0.05, 0.1) is 10.5 Å². The van der Waals surface area contributed by atoms with Gasteiger partial charge in [-0.05, 0) is 68.7 Å². The van der Waals surface area contributed by atoms with Crippen LogP contribution in [0.2, 0.25) is 5.02 Å². The van der Waals surface area contributed by atoms with Crippen molar-refractivity contribution in [3.63, 3.8) is 0 Å². The summed E-state index contributed by atoms with van der Waals surface area (Å²) in [7, 11) is -1.55. The van der Waals surface area contributed by atoms with Crippen molar-refractivity contribution in [2.24, 2.45) is 11.8 Å². The van der Waals surface area contributed by atoms with Crippen LogP contribution in [0.1, 0.15) is 32.6 Å². The standard InChI is InChI=1S/C25H32ClN5O2S/c1-3-31(2)24-20-8-4-6-10-22(20)29-25(30-24)27-16-18-12-14-19(15-13-18)17-28-34(32,33)23-11-7-5-9-21(23)26/h4-11,18-19,28H,3,12-17H2,1-2H3,(H,27,29,30)/t18-,19-. The van der Waals surface area contributed by atoms with E-state index in [4.69, 9.17) is 21.6 Å². The van der Waals surface area contributed by atoms with Crippen LogP contribution >= 0.6 is 11.6 Å². The molecular weight excluding hydrogens is 470 g/mol. The van der Waals surface area contributed by atoms with Gasteiger partial charge in [-0.2, -0.15) is 4.98 Å². The summed E-state index contributed by atoms with van der Waals surface area (Å²) in [5.41, 5.74) is 0.935. The van der Waals surface area contributed by atoms with Crippen molar-refractivity contribution in [1.82, 2.24) is 14.7 Å². The Balaban J connectivity index is 1.30. The minimum Gasteiger partial charge on any atom is -0.359 e. The molecule has 1 aliphatic rings. The fourth-order valence-corrected chi connectivity index (χ4v) is 6.06. The lowest BCUT2D eigenvalue weighted by Gasteiger charge is -2.29. The molecule has 0 saturated heterocycles. The molecule has 1 fully saturated rings. The van der Waals surface area contributed by atoms with Gasteiger partial charge in [0.1, 0.15) is 10.7 Å². The molecule has 1 heterocycles. The Morgan fingerprint density at radius 3 is 2.32 bits per heavy atom. The van der Waals surface area contributed by atoms with Gasteiger partial charge in [0.15, 0.2) is 0 Å². The van der Waals surface area contributed by atoms with Gasteiger partial charge >= 0.3 is 0 Å². The van der Waals surface area contributed by atoms with E-state index in [2.05, 4.69) is 27.9 Å². The SMILES string of the molecule is CCN(C)c1nc(NC[C@H]2CC[C@H](CNS(=O)(=O)c3ccccc3Cl)CC2)nc2ccccc12. The molecular formula is C25H32ClN5O2S.